The van der Waals surface area contributed by atoms with E-state index in [1.807, 2.05) is 44.3 Å². The number of nitriles is 1. The third kappa shape index (κ3) is 3.57. The number of halogens is 1. The van der Waals surface area contributed by atoms with Gasteiger partial charge >= 0.3 is 0 Å². The van der Waals surface area contributed by atoms with Crippen LogP contribution in [-0.2, 0) is 10.0 Å². The lowest BCUT2D eigenvalue weighted by Gasteiger charge is -2.32. The summed E-state index contributed by atoms with van der Waals surface area (Å²) in [4.78, 5) is 0. The van der Waals surface area contributed by atoms with E-state index in [-0.39, 0.29) is 0 Å². The third-order valence-electron chi connectivity index (χ3n) is 2.62. The van der Waals surface area contributed by atoms with Gasteiger partial charge in [0.1, 0.15) is 6.07 Å². The van der Waals surface area contributed by atoms with Gasteiger partial charge in [-0.1, -0.05) is 29.8 Å². The van der Waals surface area contributed by atoms with Gasteiger partial charge in [0, 0.05) is 5.50 Å². The van der Waals surface area contributed by atoms with Gasteiger partial charge in [-0.15, -0.1) is 11.6 Å². The van der Waals surface area contributed by atoms with E-state index in [9.17, 15) is 5.26 Å². The van der Waals surface area contributed by atoms with Crippen molar-refractivity contribution >= 4 is 19.9 Å². The van der Waals surface area contributed by atoms with Crippen molar-refractivity contribution in [2.75, 3.05) is 5.50 Å². The topological polar surface area (TPSA) is 33.0 Å². The van der Waals surface area contributed by atoms with Crippen LogP contribution in [0.1, 0.15) is 18.1 Å². The standard InChI is InChI=1S/C13H18ClNOSi/c1-11-5-7-12(8-6-11)13(2,9-15)16-17(3,4)10-14/h5-8H,10H2,1-4H3. The van der Waals surface area contributed by atoms with Gasteiger partial charge in [0.15, 0.2) is 5.60 Å². The zero-order valence-corrected chi connectivity index (χ0v) is 12.5. The molecule has 1 rings (SSSR count). The molecule has 1 atom stereocenters. The van der Waals surface area contributed by atoms with Gasteiger partial charge in [-0.3, -0.25) is 0 Å². The average molecular weight is 268 g/mol. The summed E-state index contributed by atoms with van der Waals surface area (Å²) in [6.45, 7) is 7.86. The van der Waals surface area contributed by atoms with E-state index in [4.69, 9.17) is 16.0 Å². The number of nitrogens with zero attached hydrogens (tertiary/aromatic N) is 1. The van der Waals surface area contributed by atoms with Gasteiger partial charge in [-0.25, -0.2) is 0 Å². The molecule has 0 aliphatic rings. The van der Waals surface area contributed by atoms with Crippen LogP contribution in [0.3, 0.4) is 0 Å². The highest BCUT2D eigenvalue weighted by Gasteiger charge is 2.35. The molecular weight excluding hydrogens is 250 g/mol. The Balaban J connectivity index is 3.05. The number of hydrogen-bond donors (Lipinski definition) is 0. The highest BCUT2D eigenvalue weighted by Crippen LogP contribution is 2.29. The number of alkyl halides is 1. The van der Waals surface area contributed by atoms with Gasteiger partial charge in [-0.05, 0) is 32.5 Å². The molecule has 0 fully saturated rings. The molecule has 92 valence electrons. The lowest BCUT2D eigenvalue weighted by molar-refractivity contribution is 0.140. The first-order valence-electron chi connectivity index (χ1n) is 5.57. The molecule has 0 bridgehead atoms. The van der Waals surface area contributed by atoms with E-state index in [1.54, 1.807) is 6.92 Å². The van der Waals surface area contributed by atoms with Crippen molar-refractivity contribution < 1.29 is 4.43 Å². The van der Waals surface area contributed by atoms with Crippen LogP contribution in [0.25, 0.3) is 0 Å². The van der Waals surface area contributed by atoms with Gasteiger partial charge in [0.25, 0.3) is 0 Å². The van der Waals surface area contributed by atoms with E-state index in [2.05, 4.69) is 6.07 Å². The summed E-state index contributed by atoms with van der Waals surface area (Å²) >= 11 is 5.90. The van der Waals surface area contributed by atoms with E-state index in [0.29, 0.717) is 5.50 Å². The molecule has 0 saturated heterocycles. The fourth-order valence-corrected chi connectivity index (χ4v) is 3.08. The minimum atomic E-state index is -1.99. The van der Waals surface area contributed by atoms with E-state index in [0.717, 1.165) is 5.56 Å². The van der Waals surface area contributed by atoms with Crippen LogP contribution >= 0.6 is 11.6 Å². The fourth-order valence-electron chi connectivity index (χ4n) is 1.60. The predicted molar refractivity (Wildman–Crippen MR) is 73.4 cm³/mol. The normalized spacial score (nSPS) is 15.1. The first kappa shape index (κ1) is 14.2. The molecule has 0 aromatic heterocycles. The van der Waals surface area contributed by atoms with Crippen LogP contribution in [0.5, 0.6) is 0 Å². The van der Waals surface area contributed by atoms with Gasteiger partial charge < -0.3 is 4.43 Å². The molecule has 0 radical (unpaired) electrons. The molecule has 0 aliphatic carbocycles. The van der Waals surface area contributed by atoms with E-state index < -0.39 is 13.9 Å². The van der Waals surface area contributed by atoms with Crippen molar-refractivity contribution in [3.05, 3.63) is 35.4 Å². The summed E-state index contributed by atoms with van der Waals surface area (Å²) in [5.41, 5.74) is 1.63. The summed E-state index contributed by atoms with van der Waals surface area (Å²) in [7, 11) is -1.99. The van der Waals surface area contributed by atoms with E-state index >= 15 is 0 Å². The second kappa shape index (κ2) is 5.22. The maximum Gasteiger partial charge on any atom is 0.203 e. The zero-order valence-electron chi connectivity index (χ0n) is 10.7. The summed E-state index contributed by atoms with van der Waals surface area (Å²) in [5.74, 6) is 0. The molecule has 1 unspecified atom stereocenters. The minimum absolute atomic E-state index is 0.482. The minimum Gasteiger partial charge on any atom is -0.395 e. The maximum atomic E-state index is 9.37. The highest BCUT2D eigenvalue weighted by molar-refractivity contribution is 6.77. The van der Waals surface area contributed by atoms with Crippen molar-refractivity contribution in [1.82, 2.24) is 0 Å². The molecular formula is C13H18ClNOSi. The molecule has 4 heteroatoms. The van der Waals surface area contributed by atoms with Crippen LogP contribution in [0.4, 0.5) is 0 Å². The maximum absolute atomic E-state index is 9.37. The lowest BCUT2D eigenvalue weighted by atomic mass is 9.97. The SMILES string of the molecule is Cc1ccc(C(C)(C#N)O[Si](C)(C)CCl)cc1. The molecule has 0 saturated carbocycles. The summed E-state index contributed by atoms with van der Waals surface area (Å²) in [6.07, 6.45) is 0. The predicted octanol–water partition coefficient (Wildman–Crippen LogP) is 3.73. The quantitative estimate of drug-likeness (QED) is 0.615. The zero-order chi connectivity index (χ0) is 13.1. The molecule has 2 nitrogen and oxygen atoms in total. The number of benzene rings is 1. The van der Waals surface area contributed by atoms with Crippen LogP contribution in [-0.4, -0.2) is 13.8 Å². The molecule has 0 amide bonds. The number of aryl methyl sites for hydroxylation is 1. The Hall–Kier alpha value is -0.823. The van der Waals surface area contributed by atoms with Crippen LogP contribution in [0.15, 0.2) is 24.3 Å². The highest BCUT2D eigenvalue weighted by atomic mass is 35.5. The van der Waals surface area contributed by atoms with Crippen molar-refractivity contribution in [1.29, 1.82) is 5.26 Å². The third-order valence-corrected chi connectivity index (χ3v) is 6.15. The molecule has 0 N–H and O–H groups in total. The van der Waals surface area contributed by atoms with Crippen molar-refractivity contribution in [2.45, 2.75) is 32.5 Å². The largest absolute Gasteiger partial charge is 0.395 e. The van der Waals surface area contributed by atoms with Crippen molar-refractivity contribution in [3.8, 4) is 6.07 Å². The Morgan fingerprint density at radius 2 is 1.88 bits per heavy atom. The summed E-state index contributed by atoms with van der Waals surface area (Å²) in [5, 5.41) is 9.37. The second-order valence-electron chi connectivity index (χ2n) is 5.01. The van der Waals surface area contributed by atoms with Gasteiger partial charge in [0.05, 0.1) is 0 Å². The molecule has 17 heavy (non-hydrogen) atoms. The molecule has 0 heterocycles. The first-order chi connectivity index (χ1) is 7.83. The van der Waals surface area contributed by atoms with Crippen LogP contribution in [0.2, 0.25) is 13.1 Å². The second-order valence-corrected chi connectivity index (χ2v) is 9.80. The Kier molecular flexibility index (Phi) is 4.37. The first-order valence-corrected chi connectivity index (χ1v) is 9.22. The lowest BCUT2D eigenvalue weighted by Crippen LogP contribution is -2.42. The Morgan fingerprint density at radius 3 is 2.29 bits per heavy atom. The average Bonchev–Trinajstić information content (AvgIpc) is 2.29. The molecule has 0 aliphatic heterocycles. The van der Waals surface area contributed by atoms with Crippen LogP contribution < -0.4 is 0 Å². The summed E-state index contributed by atoms with van der Waals surface area (Å²) < 4.78 is 6.00. The summed E-state index contributed by atoms with van der Waals surface area (Å²) in [6, 6.07) is 10.1. The van der Waals surface area contributed by atoms with Gasteiger partial charge in [0.2, 0.25) is 8.32 Å². The van der Waals surface area contributed by atoms with Gasteiger partial charge in [-0.2, -0.15) is 5.26 Å². The fraction of sp³-hybridized carbons (Fsp3) is 0.462. The Bertz CT molecular complexity index is 424. The van der Waals surface area contributed by atoms with Crippen LogP contribution in [0, 0.1) is 18.3 Å². The monoisotopic (exact) mass is 267 g/mol. The smallest absolute Gasteiger partial charge is 0.203 e. The molecule has 0 spiro atoms. The molecule has 1 aromatic carbocycles. The van der Waals surface area contributed by atoms with E-state index in [1.165, 1.54) is 5.56 Å². The van der Waals surface area contributed by atoms with Crippen molar-refractivity contribution in [2.24, 2.45) is 0 Å². The number of hydrogen-bond acceptors (Lipinski definition) is 2. The Morgan fingerprint density at radius 1 is 1.35 bits per heavy atom. The molecule has 1 aromatic rings. The van der Waals surface area contributed by atoms with Crippen molar-refractivity contribution in [3.63, 3.8) is 0 Å². The number of rotatable bonds is 4. The Labute approximate surface area is 109 Å².